The first kappa shape index (κ1) is 8.58. The highest BCUT2D eigenvalue weighted by Crippen LogP contribution is 2.26. The molecule has 1 aromatic heterocycles. The Hall–Kier alpha value is -1.01. The molecule has 0 radical (unpaired) electrons. The average molecular weight is 183 g/mol. The maximum Gasteiger partial charge on any atom is 0.171 e. The maximum absolute atomic E-state index is 6.18. The van der Waals surface area contributed by atoms with E-state index >= 15 is 0 Å². The van der Waals surface area contributed by atoms with Crippen molar-refractivity contribution in [1.82, 2.24) is 20.2 Å². The van der Waals surface area contributed by atoms with Gasteiger partial charge in [0.25, 0.3) is 0 Å². The second-order valence-electron chi connectivity index (χ2n) is 3.39. The molecule has 1 aromatic rings. The highest BCUT2D eigenvalue weighted by molar-refractivity contribution is 5.03. The Labute approximate surface area is 76.1 Å². The van der Waals surface area contributed by atoms with Crippen LogP contribution in [-0.4, -0.2) is 33.4 Å². The van der Waals surface area contributed by atoms with Crippen LogP contribution in [0.15, 0.2) is 0 Å². The molecule has 0 aliphatic carbocycles. The van der Waals surface area contributed by atoms with E-state index in [1.165, 1.54) is 0 Å². The molecule has 0 aromatic carbocycles. The molecule has 0 unspecified atom stereocenters. The van der Waals surface area contributed by atoms with Crippen molar-refractivity contribution in [1.29, 1.82) is 0 Å². The minimum atomic E-state index is -0.406. The minimum Gasteiger partial charge on any atom is -0.381 e. The fraction of sp³-hybridized carbons (Fsp3) is 0.857. The van der Waals surface area contributed by atoms with Gasteiger partial charge < -0.3 is 10.5 Å². The molecule has 72 valence electrons. The summed E-state index contributed by atoms with van der Waals surface area (Å²) in [7, 11) is 1.80. The number of tetrazole rings is 1. The molecule has 1 aliphatic rings. The zero-order valence-electron chi connectivity index (χ0n) is 7.60. The fourth-order valence-corrected chi connectivity index (χ4v) is 1.61. The molecule has 0 bridgehead atoms. The Morgan fingerprint density at radius 2 is 2.15 bits per heavy atom. The molecule has 0 saturated carbocycles. The van der Waals surface area contributed by atoms with Crippen molar-refractivity contribution in [2.75, 3.05) is 13.2 Å². The highest BCUT2D eigenvalue weighted by atomic mass is 16.5. The van der Waals surface area contributed by atoms with Gasteiger partial charge in [-0.15, -0.1) is 5.10 Å². The molecule has 1 aliphatic heterocycles. The first-order valence-electron chi connectivity index (χ1n) is 4.32. The lowest BCUT2D eigenvalue weighted by Gasteiger charge is -2.31. The molecular formula is C7H13N5O. The predicted octanol–water partition coefficient (Wildman–Crippen LogP) is -0.825. The first-order valence-corrected chi connectivity index (χ1v) is 4.32. The largest absolute Gasteiger partial charge is 0.381 e. The number of rotatable bonds is 1. The van der Waals surface area contributed by atoms with Crippen molar-refractivity contribution in [2.45, 2.75) is 18.4 Å². The molecule has 6 nitrogen and oxygen atoms in total. The normalized spacial score (nSPS) is 21.7. The molecule has 2 rings (SSSR count). The van der Waals surface area contributed by atoms with E-state index in [0.29, 0.717) is 13.2 Å². The molecule has 0 spiro atoms. The quantitative estimate of drug-likeness (QED) is 0.615. The monoisotopic (exact) mass is 183 g/mol. The van der Waals surface area contributed by atoms with E-state index in [2.05, 4.69) is 15.5 Å². The van der Waals surface area contributed by atoms with Crippen LogP contribution in [0.1, 0.15) is 18.7 Å². The average Bonchev–Trinajstić information content (AvgIpc) is 2.53. The van der Waals surface area contributed by atoms with Gasteiger partial charge in [0, 0.05) is 20.3 Å². The fourth-order valence-electron chi connectivity index (χ4n) is 1.61. The Morgan fingerprint density at radius 1 is 1.46 bits per heavy atom. The predicted molar refractivity (Wildman–Crippen MR) is 44.7 cm³/mol. The minimum absolute atomic E-state index is 0.406. The van der Waals surface area contributed by atoms with Crippen LogP contribution in [0.2, 0.25) is 0 Å². The summed E-state index contributed by atoms with van der Waals surface area (Å²) in [6.07, 6.45) is 1.56. The van der Waals surface area contributed by atoms with Crippen LogP contribution in [-0.2, 0) is 17.3 Å². The number of ether oxygens (including phenoxy) is 1. The smallest absolute Gasteiger partial charge is 0.171 e. The van der Waals surface area contributed by atoms with Gasteiger partial charge in [0.15, 0.2) is 5.82 Å². The standard InChI is InChI=1S/C7H13N5O/c1-12-6(9-10-11-12)7(8)2-4-13-5-3-7/h2-5,8H2,1H3. The van der Waals surface area contributed by atoms with E-state index in [9.17, 15) is 0 Å². The summed E-state index contributed by atoms with van der Waals surface area (Å²) >= 11 is 0. The van der Waals surface area contributed by atoms with Gasteiger partial charge in [0.05, 0.1) is 5.54 Å². The molecule has 0 amide bonds. The van der Waals surface area contributed by atoms with E-state index in [0.717, 1.165) is 18.7 Å². The summed E-state index contributed by atoms with van der Waals surface area (Å²) in [4.78, 5) is 0. The topological polar surface area (TPSA) is 78.9 Å². The van der Waals surface area contributed by atoms with E-state index in [1.54, 1.807) is 11.7 Å². The van der Waals surface area contributed by atoms with Crippen molar-refractivity contribution < 1.29 is 4.74 Å². The Balaban J connectivity index is 2.27. The summed E-state index contributed by atoms with van der Waals surface area (Å²) in [5.74, 6) is 0.746. The van der Waals surface area contributed by atoms with Gasteiger partial charge in [-0.3, -0.25) is 0 Å². The van der Waals surface area contributed by atoms with Gasteiger partial charge in [-0.05, 0) is 23.3 Å². The van der Waals surface area contributed by atoms with Crippen molar-refractivity contribution in [3.05, 3.63) is 5.82 Å². The van der Waals surface area contributed by atoms with Gasteiger partial charge >= 0.3 is 0 Å². The van der Waals surface area contributed by atoms with Gasteiger partial charge in [-0.1, -0.05) is 0 Å². The number of aryl methyl sites for hydroxylation is 1. The van der Waals surface area contributed by atoms with Crippen LogP contribution in [0.4, 0.5) is 0 Å². The molecule has 0 atom stereocenters. The summed E-state index contributed by atoms with van der Waals surface area (Å²) in [6, 6.07) is 0. The molecule has 1 fully saturated rings. The summed E-state index contributed by atoms with van der Waals surface area (Å²) in [5, 5.41) is 11.3. The first-order chi connectivity index (χ1) is 6.22. The number of nitrogens with two attached hydrogens (primary N) is 1. The third-order valence-corrected chi connectivity index (χ3v) is 2.45. The number of aromatic nitrogens is 4. The van der Waals surface area contributed by atoms with Gasteiger partial charge in [-0.2, -0.15) is 0 Å². The SMILES string of the molecule is Cn1nnnc1C1(N)CCOCC1. The van der Waals surface area contributed by atoms with Crippen LogP contribution < -0.4 is 5.73 Å². The Kier molecular flexibility index (Phi) is 2.01. The zero-order valence-corrected chi connectivity index (χ0v) is 7.60. The molecule has 2 heterocycles. The third-order valence-electron chi connectivity index (χ3n) is 2.45. The lowest BCUT2D eigenvalue weighted by atomic mass is 9.90. The summed E-state index contributed by atoms with van der Waals surface area (Å²) in [6.45, 7) is 1.37. The lowest BCUT2D eigenvalue weighted by Crippen LogP contribution is -2.44. The van der Waals surface area contributed by atoms with Gasteiger partial charge in [0.1, 0.15) is 0 Å². The van der Waals surface area contributed by atoms with E-state index in [4.69, 9.17) is 10.5 Å². The van der Waals surface area contributed by atoms with Crippen LogP contribution in [0.5, 0.6) is 0 Å². The maximum atomic E-state index is 6.18. The van der Waals surface area contributed by atoms with E-state index < -0.39 is 5.54 Å². The number of nitrogens with zero attached hydrogens (tertiary/aromatic N) is 4. The van der Waals surface area contributed by atoms with Crippen LogP contribution in [0.3, 0.4) is 0 Å². The van der Waals surface area contributed by atoms with Gasteiger partial charge in [0.2, 0.25) is 0 Å². The van der Waals surface area contributed by atoms with E-state index in [-0.39, 0.29) is 0 Å². The molecule has 2 N–H and O–H groups in total. The second kappa shape index (κ2) is 3.04. The number of hydrogen-bond acceptors (Lipinski definition) is 5. The Bertz CT molecular complexity index is 291. The van der Waals surface area contributed by atoms with Crippen LogP contribution in [0.25, 0.3) is 0 Å². The van der Waals surface area contributed by atoms with Crippen LogP contribution >= 0.6 is 0 Å². The molecule has 13 heavy (non-hydrogen) atoms. The van der Waals surface area contributed by atoms with E-state index in [1.807, 2.05) is 0 Å². The van der Waals surface area contributed by atoms with Crippen molar-refractivity contribution in [2.24, 2.45) is 12.8 Å². The molecule has 1 saturated heterocycles. The second-order valence-corrected chi connectivity index (χ2v) is 3.39. The summed E-state index contributed by atoms with van der Waals surface area (Å²) < 4.78 is 6.88. The molecule has 6 heteroatoms. The third kappa shape index (κ3) is 1.42. The number of hydrogen-bond donors (Lipinski definition) is 1. The zero-order chi connectivity index (χ0) is 9.31. The van der Waals surface area contributed by atoms with Crippen molar-refractivity contribution >= 4 is 0 Å². The van der Waals surface area contributed by atoms with Crippen LogP contribution in [0, 0.1) is 0 Å². The Morgan fingerprint density at radius 3 is 2.69 bits per heavy atom. The van der Waals surface area contributed by atoms with Crippen molar-refractivity contribution in [3.8, 4) is 0 Å². The highest BCUT2D eigenvalue weighted by Gasteiger charge is 2.34. The van der Waals surface area contributed by atoms with Crippen molar-refractivity contribution in [3.63, 3.8) is 0 Å². The van der Waals surface area contributed by atoms with Gasteiger partial charge in [-0.25, -0.2) is 4.68 Å². The molecular weight excluding hydrogens is 170 g/mol. The lowest BCUT2D eigenvalue weighted by molar-refractivity contribution is 0.0478. The summed E-state index contributed by atoms with van der Waals surface area (Å²) in [5.41, 5.74) is 5.78.